The summed E-state index contributed by atoms with van der Waals surface area (Å²) in [6, 6.07) is 0. The van der Waals surface area contributed by atoms with E-state index in [0.717, 1.165) is 11.4 Å². The van der Waals surface area contributed by atoms with E-state index in [9.17, 15) is 0 Å². The molecule has 0 spiro atoms. The van der Waals surface area contributed by atoms with Crippen LogP contribution in [0, 0.1) is 5.92 Å². The molecule has 106 valence electrons. The molecule has 1 heterocycles. The molecule has 0 aromatic rings. The van der Waals surface area contributed by atoms with Crippen molar-refractivity contribution in [3.8, 4) is 0 Å². The fourth-order valence-electron chi connectivity index (χ4n) is 2.97. The molecular formula is C15H24N2OS. The van der Waals surface area contributed by atoms with Crippen molar-refractivity contribution in [1.29, 1.82) is 0 Å². The number of ether oxygens (including phenoxy) is 1. The van der Waals surface area contributed by atoms with E-state index in [-0.39, 0.29) is 12.0 Å². The first-order chi connectivity index (χ1) is 9.24. The Kier molecular flexibility index (Phi) is 5.67. The van der Waals surface area contributed by atoms with E-state index in [0.29, 0.717) is 0 Å². The normalized spacial score (nSPS) is 29.4. The van der Waals surface area contributed by atoms with Gasteiger partial charge in [0.2, 0.25) is 0 Å². The Morgan fingerprint density at radius 3 is 2.79 bits per heavy atom. The highest BCUT2D eigenvalue weighted by Gasteiger charge is 2.27. The summed E-state index contributed by atoms with van der Waals surface area (Å²) < 4.78 is 5.69. The van der Waals surface area contributed by atoms with E-state index in [1.165, 1.54) is 37.9 Å². The van der Waals surface area contributed by atoms with Gasteiger partial charge in [0.15, 0.2) is 0 Å². The molecule has 2 rings (SSSR count). The maximum Gasteiger partial charge on any atom is 0.0909 e. The van der Waals surface area contributed by atoms with E-state index in [4.69, 9.17) is 4.74 Å². The van der Waals surface area contributed by atoms with Crippen LogP contribution < -0.4 is 0 Å². The van der Waals surface area contributed by atoms with Crippen LogP contribution in [-0.4, -0.2) is 51.0 Å². The van der Waals surface area contributed by atoms with Crippen LogP contribution in [0.25, 0.3) is 0 Å². The van der Waals surface area contributed by atoms with Crippen LogP contribution in [0.3, 0.4) is 0 Å². The molecule has 19 heavy (non-hydrogen) atoms. The molecular weight excluding hydrogens is 256 g/mol. The minimum absolute atomic E-state index is 0.0986. The molecule has 4 heteroatoms. The Morgan fingerprint density at radius 1 is 1.42 bits per heavy atom. The van der Waals surface area contributed by atoms with Crippen LogP contribution >= 0.6 is 12.6 Å². The molecule has 0 saturated carbocycles. The molecule has 2 atom stereocenters. The molecule has 0 radical (unpaired) electrons. The van der Waals surface area contributed by atoms with Crippen LogP contribution in [0.15, 0.2) is 27.6 Å². The van der Waals surface area contributed by atoms with Crippen molar-refractivity contribution in [3.63, 3.8) is 0 Å². The van der Waals surface area contributed by atoms with Crippen molar-refractivity contribution in [2.75, 3.05) is 33.8 Å². The number of hydrogen-bond donors (Lipinski definition) is 1. The zero-order valence-electron chi connectivity index (χ0n) is 11.9. The fourth-order valence-corrected chi connectivity index (χ4v) is 3.30. The lowest BCUT2D eigenvalue weighted by molar-refractivity contribution is 0.106. The standard InChI is InChI=1S/C15H24N2OS/c1-16-10-12-8-14(19)9-13(15(12)18-2)11-17-6-4-3-5-7-17/h8-10,12,15,19H,3-7,11H2,1-2H3. The quantitative estimate of drug-likeness (QED) is 0.632. The predicted octanol–water partition coefficient (Wildman–Crippen LogP) is 2.56. The van der Waals surface area contributed by atoms with E-state index in [1.807, 2.05) is 6.21 Å². The Hall–Kier alpha value is -0.580. The van der Waals surface area contributed by atoms with Crippen molar-refractivity contribution in [3.05, 3.63) is 22.6 Å². The maximum atomic E-state index is 5.69. The first-order valence-corrected chi connectivity index (χ1v) is 7.48. The number of methoxy groups -OCH3 is 1. The minimum atomic E-state index is 0.0986. The molecule has 0 amide bonds. The van der Waals surface area contributed by atoms with E-state index in [1.54, 1.807) is 14.2 Å². The van der Waals surface area contributed by atoms with Crippen molar-refractivity contribution in [2.24, 2.45) is 10.9 Å². The van der Waals surface area contributed by atoms with Gasteiger partial charge in [-0.25, -0.2) is 0 Å². The molecule has 0 bridgehead atoms. The Labute approximate surface area is 121 Å². The van der Waals surface area contributed by atoms with Gasteiger partial charge in [-0.15, -0.1) is 12.6 Å². The highest BCUT2D eigenvalue weighted by atomic mass is 32.1. The Morgan fingerprint density at radius 2 is 2.16 bits per heavy atom. The van der Waals surface area contributed by atoms with E-state index in [2.05, 4.69) is 34.7 Å². The van der Waals surface area contributed by atoms with Gasteiger partial charge in [-0.1, -0.05) is 12.5 Å². The highest BCUT2D eigenvalue weighted by Crippen LogP contribution is 2.27. The third kappa shape index (κ3) is 3.94. The highest BCUT2D eigenvalue weighted by molar-refractivity contribution is 7.84. The van der Waals surface area contributed by atoms with Crippen molar-refractivity contribution in [2.45, 2.75) is 25.4 Å². The van der Waals surface area contributed by atoms with Gasteiger partial charge in [-0.05, 0) is 37.6 Å². The van der Waals surface area contributed by atoms with Crippen LogP contribution in [0.1, 0.15) is 19.3 Å². The van der Waals surface area contributed by atoms with Gasteiger partial charge in [0.05, 0.1) is 6.10 Å². The molecule has 1 fully saturated rings. The number of aliphatic imine (C=N–C) groups is 1. The fraction of sp³-hybridized carbons (Fsp3) is 0.667. The molecule has 1 aliphatic carbocycles. The maximum absolute atomic E-state index is 5.69. The second kappa shape index (κ2) is 7.27. The molecule has 0 N–H and O–H groups in total. The lowest BCUT2D eigenvalue weighted by Crippen LogP contribution is -2.37. The number of thiol groups is 1. The average Bonchev–Trinajstić information content (AvgIpc) is 2.40. The van der Waals surface area contributed by atoms with Gasteiger partial charge in [-0.3, -0.25) is 4.90 Å². The number of rotatable bonds is 4. The molecule has 1 aliphatic heterocycles. The summed E-state index contributed by atoms with van der Waals surface area (Å²) in [4.78, 5) is 7.69. The predicted molar refractivity (Wildman–Crippen MR) is 84.1 cm³/mol. The van der Waals surface area contributed by atoms with Gasteiger partial charge in [0.25, 0.3) is 0 Å². The smallest absolute Gasteiger partial charge is 0.0909 e. The van der Waals surface area contributed by atoms with Crippen molar-refractivity contribution >= 4 is 18.8 Å². The molecule has 0 aromatic heterocycles. The third-order valence-corrected chi connectivity index (χ3v) is 4.12. The topological polar surface area (TPSA) is 24.8 Å². The molecule has 2 unspecified atom stereocenters. The number of nitrogens with zero attached hydrogens (tertiary/aromatic N) is 2. The largest absolute Gasteiger partial charge is 0.376 e. The number of piperidine rings is 1. The van der Waals surface area contributed by atoms with Crippen molar-refractivity contribution < 1.29 is 4.74 Å². The van der Waals surface area contributed by atoms with E-state index >= 15 is 0 Å². The number of likely N-dealkylation sites (tertiary alicyclic amines) is 1. The van der Waals surface area contributed by atoms with Crippen LogP contribution in [0.2, 0.25) is 0 Å². The summed E-state index contributed by atoms with van der Waals surface area (Å²) in [7, 11) is 3.59. The zero-order valence-corrected chi connectivity index (χ0v) is 12.8. The summed E-state index contributed by atoms with van der Waals surface area (Å²) in [5.41, 5.74) is 1.32. The van der Waals surface area contributed by atoms with Gasteiger partial charge in [0.1, 0.15) is 0 Å². The van der Waals surface area contributed by atoms with Crippen molar-refractivity contribution in [1.82, 2.24) is 4.90 Å². The summed E-state index contributed by atoms with van der Waals surface area (Å²) in [6.07, 6.45) is 10.3. The SMILES string of the molecule is CN=CC1C=C(S)C=C(CN2CCCCC2)C1OC. The Balaban J connectivity index is 2.09. The second-order valence-corrected chi connectivity index (χ2v) is 5.80. The second-order valence-electron chi connectivity index (χ2n) is 5.29. The van der Waals surface area contributed by atoms with Gasteiger partial charge in [0, 0.05) is 37.7 Å². The van der Waals surface area contributed by atoms with Crippen LogP contribution in [0.5, 0.6) is 0 Å². The summed E-state index contributed by atoms with van der Waals surface area (Å²) in [5.74, 6) is 0.201. The molecule has 0 aromatic carbocycles. The van der Waals surface area contributed by atoms with Gasteiger partial charge >= 0.3 is 0 Å². The lowest BCUT2D eigenvalue weighted by Gasteiger charge is -2.33. The minimum Gasteiger partial charge on any atom is -0.376 e. The molecule has 1 saturated heterocycles. The average molecular weight is 280 g/mol. The lowest BCUT2D eigenvalue weighted by atomic mass is 9.90. The Bertz CT molecular complexity index is 384. The van der Waals surface area contributed by atoms with Crippen LogP contribution in [0.4, 0.5) is 0 Å². The first kappa shape index (κ1) is 14.8. The van der Waals surface area contributed by atoms with E-state index < -0.39 is 0 Å². The third-order valence-electron chi connectivity index (χ3n) is 3.84. The molecule has 2 aliphatic rings. The summed E-state index contributed by atoms with van der Waals surface area (Å²) in [6.45, 7) is 3.39. The number of hydrogen-bond acceptors (Lipinski definition) is 4. The van der Waals surface area contributed by atoms with Gasteiger partial charge < -0.3 is 9.73 Å². The summed E-state index contributed by atoms with van der Waals surface area (Å²) >= 11 is 4.52. The van der Waals surface area contributed by atoms with Crippen LogP contribution in [-0.2, 0) is 4.74 Å². The summed E-state index contributed by atoms with van der Waals surface area (Å²) in [5, 5.41) is 0. The zero-order chi connectivity index (χ0) is 13.7. The monoisotopic (exact) mass is 280 g/mol. The van der Waals surface area contributed by atoms with Gasteiger partial charge in [-0.2, -0.15) is 0 Å². The first-order valence-electron chi connectivity index (χ1n) is 7.03. The number of allylic oxidation sites excluding steroid dienone is 1. The molecule has 3 nitrogen and oxygen atoms in total.